The minimum atomic E-state index is -3.84. The number of ether oxygens (including phenoxy) is 1. The molecule has 0 bridgehead atoms. The number of benzene rings is 2. The Bertz CT molecular complexity index is 1300. The van der Waals surface area contributed by atoms with Gasteiger partial charge in [-0.25, -0.2) is 8.42 Å². The lowest BCUT2D eigenvalue weighted by Crippen LogP contribution is -2.54. The van der Waals surface area contributed by atoms with Gasteiger partial charge in [-0.3, -0.25) is 19.4 Å². The summed E-state index contributed by atoms with van der Waals surface area (Å²) in [5.41, 5.74) is 1.36. The number of carbonyl (C=O) groups excluding carboxylic acids is 1. The zero-order valence-corrected chi connectivity index (χ0v) is 20.6. The Labute approximate surface area is 205 Å². The molecule has 35 heavy (non-hydrogen) atoms. The fourth-order valence-corrected chi connectivity index (χ4v) is 6.18. The number of pyridine rings is 1. The molecule has 3 heterocycles. The van der Waals surface area contributed by atoms with E-state index in [1.54, 1.807) is 42.6 Å². The molecule has 0 aliphatic carbocycles. The van der Waals surface area contributed by atoms with Gasteiger partial charge in [-0.05, 0) is 55.7 Å². The molecule has 2 aliphatic heterocycles. The highest BCUT2D eigenvalue weighted by Gasteiger charge is 2.30. The number of anilines is 1. The molecule has 1 N–H and O–H groups in total. The van der Waals surface area contributed by atoms with Crippen molar-refractivity contribution in [3.8, 4) is 0 Å². The van der Waals surface area contributed by atoms with Crippen LogP contribution in [0.5, 0.6) is 0 Å². The molecule has 1 amide bonds. The second-order valence-electron chi connectivity index (χ2n) is 9.35. The summed E-state index contributed by atoms with van der Waals surface area (Å²) in [4.78, 5) is 21.9. The van der Waals surface area contributed by atoms with Crippen molar-refractivity contribution in [1.82, 2.24) is 14.8 Å². The van der Waals surface area contributed by atoms with Crippen LogP contribution in [-0.2, 0) is 14.8 Å². The van der Waals surface area contributed by atoms with Crippen LogP contribution >= 0.6 is 0 Å². The van der Waals surface area contributed by atoms with Gasteiger partial charge in [0.05, 0.1) is 12.1 Å². The van der Waals surface area contributed by atoms with Gasteiger partial charge in [-0.1, -0.05) is 18.2 Å². The van der Waals surface area contributed by atoms with E-state index in [0.29, 0.717) is 29.2 Å². The summed E-state index contributed by atoms with van der Waals surface area (Å²) in [6.07, 6.45) is 2.69. The van der Waals surface area contributed by atoms with Crippen molar-refractivity contribution in [3.05, 3.63) is 66.4 Å². The molecule has 2 aliphatic rings. The number of nitrogens with zero attached hydrogens (tertiary/aromatic N) is 3. The maximum Gasteiger partial charge on any atom is 0.264 e. The first kappa shape index (κ1) is 23.7. The summed E-state index contributed by atoms with van der Waals surface area (Å²) >= 11 is 0. The summed E-state index contributed by atoms with van der Waals surface area (Å²) in [6, 6.07) is 15.4. The van der Waals surface area contributed by atoms with Crippen molar-refractivity contribution >= 4 is 32.5 Å². The van der Waals surface area contributed by atoms with Gasteiger partial charge in [0, 0.05) is 61.7 Å². The number of sulfonamides is 1. The van der Waals surface area contributed by atoms with Gasteiger partial charge in [-0.2, -0.15) is 0 Å². The lowest BCUT2D eigenvalue weighted by Gasteiger charge is -2.40. The zero-order valence-electron chi connectivity index (χ0n) is 19.8. The Morgan fingerprint density at radius 1 is 1.11 bits per heavy atom. The molecule has 0 radical (unpaired) electrons. The van der Waals surface area contributed by atoms with E-state index in [2.05, 4.69) is 21.5 Å². The molecule has 5 rings (SSSR count). The molecule has 9 heteroatoms. The molecular formula is C26H30N4O4S. The third-order valence-corrected chi connectivity index (χ3v) is 8.20. The van der Waals surface area contributed by atoms with Crippen molar-refractivity contribution in [2.24, 2.45) is 5.92 Å². The van der Waals surface area contributed by atoms with Crippen LogP contribution < -0.4 is 4.72 Å². The summed E-state index contributed by atoms with van der Waals surface area (Å²) in [5, 5.41) is 0.752. The second kappa shape index (κ2) is 9.93. The number of nitrogens with one attached hydrogen (secondary N) is 1. The van der Waals surface area contributed by atoms with E-state index in [0.717, 1.165) is 44.7 Å². The van der Waals surface area contributed by atoms with Gasteiger partial charge < -0.3 is 9.64 Å². The molecule has 184 valence electrons. The van der Waals surface area contributed by atoms with Crippen molar-refractivity contribution < 1.29 is 17.9 Å². The number of hydrogen-bond acceptors (Lipinski definition) is 6. The van der Waals surface area contributed by atoms with Gasteiger partial charge in [0.25, 0.3) is 15.9 Å². The third-order valence-electron chi connectivity index (χ3n) is 6.78. The third kappa shape index (κ3) is 5.17. The average Bonchev–Trinajstić information content (AvgIpc) is 3.37. The maximum atomic E-state index is 13.2. The second-order valence-corrected chi connectivity index (χ2v) is 11.0. The van der Waals surface area contributed by atoms with Gasteiger partial charge >= 0.3 is 0 Å². The Hall–Kier alpha value is -3.01. The highest BCUT2D eigenvalue weighted by atomic mass is 32.2. The van der Waals surface area contributed by atoms with Crippen LogP contribution in [0.1, 0.15) is 23.7 Å². The highest BCUT2D eigenvalue weighted by Crippen LogP contribution is 2.24. The van der Waals surface area contributed by atoms with E-state index in [1.165, 1.54) is 6.07 Å². The van der Waals surface area contributed by atoms with Crippen LogP contribution in [0.25, 0.3) is 10.9 Å². The number of aromatic nitrogens is 1. The molecule has 1 aromatic heterocycles. The number of rotatable bonds is 6. The van der Waals surface area contributed by atoms with E-state index in [9.17, 15) is 13.2 Å². The molecular weight excluding hydrogens is 464 g/mol. The number of para-hydroxylation sites is 1. The van der Waals surface area contributed by atoms with Crippen molar-refractivity contribution in [3.63, 3.8) is 0 Å². The van der Waals surface area contributed by atoms with Crippen molar-refractivity contribution in [1.29, 1.82) is 0 Å². The Kier molecular flexibility index (Phi) is 6.73. The summed E-state index contributed by atoms with van der Waals surface area (Å²) < 4.78 is 34.2. The summed E-state index contributed by atoms with van der Waals surface area (Å²) in [6.45, 7) is 7.16. The molecule has 3 aromatic rings. The van der Waals surface area contributed by atoms with Crippen LogP contribution in [0.4, 0.5) is 5.69 Å². The number of hydrogen-bond donors (Lipinski definition) is 1. The lowest BCUT2D eigenvalue weighted by atomic mass is 10.1. The molecule has 0 saturated carbocycles. The first-order valence-corrected chi connectivity index (χ1v) is 13.5. The van der Waals surface area contributed by atoms with Gasteiger partial charge in [0.15, 0.2) is 0 Å². The molecule has 2 unspecified atom stereocenters. The van der Waals surface area contributed by atoms with Crippen LogP contribution in [0.15, 0.2) is 65.7 Å². The van der Waals surface area contributed by atoms with E-state index in [4.69, 9.17) is 4.74 Å². The molecule has 8 nitrogen and oxygen atoms in total. The van der Waals surface area contributed by atoms with Crippen LogP contribution in [0.2, 0.25) is 0 Å². The van der Waals surface area contributed by atoms with E-state index < -0.39 is 10.0 Å². The van der Waals surface area contributed by atoms with Crippen molar-refractivity contribution in [2.45, 2.75) is 24.3 Å². The number of amides is 1. The smallest absolute Gasteiger partial charge is 0.264 e. The Morgan fingerprint density at radius 2 is 1.91 bits per heavy atom. The first-order chi connectivity index (χ1) is 16.9. The number of piperazine rings is 1. The van der Waals surface area contributed by atoms with E-state index in [1.807, 2.05) is 17.0 Å². The van der Waals surface area contributed by atoms with Crippen LogP contribution in [0, 0.1) is 5.92 Å². The quantitative estimate of drug-likeness (QED) is 0.566. The predicted molar refractivity (Wildman–Crippen MR) is 135 cm³/mol. The largest absolute Gasteiger partial charge is 0.381 e. The highest BCUT2D eigenvalue weighted by molar-refractivity contribution is 7.93. The molecule has 2 saturated heterocycles. The molecule has 2 atom stereocenters. The normalized spacial score (nSPS) is 21.3. The zero-order chi connectivity index (χ0) is 24.4. The topological polar surface area (TPSA) is 91.8 Å². The predicted octanol–water partition coefficient (Wildman–Crippen LogP) is 3.22. The Morgan fingerprint density at radius 3 is 2.66 bits per heavy atom. The van der Waals surface area contributed by atoms with Crippen molar-refractivity contribution in [2.75, 3.05) is 44.1 Å². The Balaban J connectivity index is 1.24. The SMILES string of the molecule is CC1CN(CC2CCOC2)CCN1C(=O)c1ccc(NS(=O)(=O)c2cccc3cccnc23)cc1. The van der Waals surface area contributed by atoms with E-state index >= 15 is 0 Å². The minimum Gasteiger partial charge on any atom is -0.381 e. The molecule has 2 fully saturated rings. The summed E-state index contributed by atoms with van der Waals surface area (Å²) in [7, 11) is -3.84. The van der Waals surface area contributed by atoms with Gasteiger partial charge in [0.1, 0.15) is 4.90 Å². The molecule has 2 aromatic carbocycles. The minimum absolute atomic E-state index is 0.0333. The monoisotopic (exact) mass is 494 g/mol. The number of fused-ring (bicyclic) bond motifs is 1. The summed E-state index contributed by atoms with van der Waals surface area (Å²) in [5.74, 6) is 0.555. The average molecular weight is 495 g/mol. The standard InChI is InChI=1S/C26H30N4O4S/c1-19-16-29(17-20-11-15-34-18-20)13-14-30(19)26(31)22-7-9-23(10-8-22)28-35(32,33)24-6-2-4-21-5-3-12-27-25(21)24/h2-10,12,19-20,28H,11,13-18H2,1H3. The lowest BCUT2D eigenvalue weighted by molar-refractivity contribution is 0.0452. The van der Waals surface area contributed by atoms with Crippen LogP contribution in [0.3, 0.4) is 0 Å². The van der Waals surface area contributed by atoms with E-state index in [-0.39, 0.29) is 16.8 Å². The maximum absolute atomic E-state index is 13.2. The fourth-order valence-electron chi connectivity index (χ4n) is 4.94. The van der Waals surface area contributed by atoms with Gasteiger partial charge in [-0.15, -0.1) is 0 Å². The number of carbonyl (C=O) groups is 1. The first-order valence-electron chi connectivity index (χ1n) is 12.0. The fraction of sp³-hybridized carbons (Fsp3) is 0.385. The van der Waals surface area contributed by atoms with Gasteiger partial charge in [0.2, 0.25) is 0 Å². The van der Waals surface area contributed by atoms with Crippen LogP contribution in [-0.4, -0.2) is 74.5 Å². The molecule has 0 spiro atoms.